The SMILES string of the molecule is CC(CC(=N)C(=O)O)(Nc1ccc(Cl)cc1Cl)c1ccc(Cl)cc1. The topological polar surface area (TPSA) is 73.2 Å². The molecule has 7 heteroatoms. The molecule has 1 atom stereocenters. The largest absolute Gasteiger partial charge is 0.477 e. The van der Waals surface area contributed by atoms with Crippen molar-refractivity contribution in [1.82, 2.24) is 0 Å². The lowest BCUT2D eigenvalue weighted by molar-refractivity contribution is -0.129. The lowest BCUT2D eigenvalue weighted by Crippen LogP contribution is -2.36. The molecule has 2 aromatic rings. The van der Waals surface area contributed by atoms with Crippen LogP contribution in [0.25, 0.3) is 0 Å². The number of benzene rings is 2. The number of carbonyl (C=O) groups is 1. The van der Waals surface area contributed by atoms with E-state index in [1.54, 1.807) is 49.4 Å². The van der Waals surface area contributed by atoms with Crippen molar-refractivity contribution in [2.24, 2.45) is 0 Å². The van der Waals surface area contributed by atoms with Gasteiger partial charge in [-0.1, -0.05) is 46.9 Å². The van der Waals surface area contributed by atoms with Gasteiger partial charge in [-0.25, -0.2) is 4.79 Å². The van der Waals surface area contributed by atoms with E-state index in [2.05, 4.69) is 5.32 Å². The number of carboxylic acids is 1. The van der Waals surface area contributed by atoms with Crippen LogP contribution in [0.3, 0.4) is 0 Å². The van der Waals surface area contributed by atoms with Crippen molar-refractivity contribution in [3.63, 3.8) is 0 Å². The van der Waals surface area contributed by atoms with E-state index < -0.39 is 17.2 Å². The molecule has 3 N–H and O–H groups in total. The van der Waals surface area contributed by atoms with Gasteiger partial charge in [0, 0.05) is 16.5 Å². The second-order valence-corrected chi connectivity index (χ2v) is 6.83. The molecule has 0 aliphatic rings. The zero-order chi connectivity index (χ0) is 17.9. The van der Waals surface area contributed by atoms with Gasteiger partial charge in [0.2, 0.25) is 0 Å². The predicted molar refractivity (Wildman–Crippen MR) is 98.9 cm³/mol. The molecule has 0 aliphatic carbocycles. The Morgan fingerprint density at radius 2 is 1.71 bits per heavy atom. The van der Waals surface area contributed by atoms with Gasteiger partial charge in [-0.15, -0.1) is 0 Å². The average Bonchev–Trinajstić information content (AvgIpc) is 2.50. The maximum Gasteiger partial charge on any atom is 0.349 e. The molecule has 0 aromatic heterocycles. The zero-order valence-electron chi connectivity index (χ0n) is 12.7. The molecule has 4 nitrogen and oxygen atoms in total. The number of anilines is 1. The van der Waals surface area contributed by atoms with Crippen molar-refractivity contribution in [2.45, 2.75) is 18.9 Å². The van der Waals surface area contributed by atoms with Crippen LogP contribution in [0.1, 0.15) is 18.9 Å². The van der Waals surface area contributed by atoms with Crippen LogP contribution in [-0.4, -0.2) is 16.8 Å². The van der Waals surface area contributed by atoms with Crippen molar-refractivity contribution in [1.29, 1.82) is 5.41 Å². The number of hydrogen-bond donors (Lipinski definition) is 3. The van der Waals surface area contributed by atoms with Crippen LogP contribution < -0.4 is 5.32 Å². The number of aliphatic carboxylic acids is 1. The van der Waals surface area contributed by atoms with Gasteiger partial charge in [-0.3, -0.25) is 5.41 Å². The average molecular weight is 386 g/mol. The number of hydrogen-bond acceptors (Lipinski definition) is 3. The molecule has 126 valence electrons. The summed E-state index contributed by atoms with van der Waals surface area (Å²) in [6.45, 7) is 1.80. The molecule has 0 saturated heterocycles. The molecular weight excluding hydrogens is 371 g/mol. The molecule has 0 radical (unpaired) electrons. The number of halogens is 3. The quantitative estimate of drug-likeness (QED) is 0.577. The minimum absolute atomic E-state index is 0.0388. The highest BCUT2D eigenvalue weighted by Gasteiger charge is 2.31. The lowest BCUT2D eigenvalue weighted by atomic mass is 9.86. The first-order valence-corrected chi connectivity index (χ1v) is 8.15. The van der Waals surface area contributed by atoms with E-state index in [1.165, 1.54) is 0 Å². The molecule has 0 spiro atoms. The maximum absolute atomic E-state index is 11.1. The second-order valence-electron chi connectivity index (χ2n) is 5.55. The van der Waals surface area contributed by atoms with E-state index in [1.807, 2.05) is 0 Å². The first-order valence-electron chi connectivity index (χ1n) is 7.01. The summed E-state index contributed by atoms with van der Waals surface area (Å²) in [5.41, 5.74) is 0.100. The summed E-state index contributed by atoms with van der Waals surface area (Å²) >= 11 is 18.0. The van der Waals surface area contributed by atoms with Gasteiger partial charge in [0.15, 0.2) is 0 Å². The summed E-state index contributed by atoms with van der Waals surface area (Å²) < 4.78 is 0. The highest BCUT2D eigenvalue weighted by Crippen LogP contribution is 2.34. The lowest BCUT2D eigenvalue weighted by Gasteiger charge is -2.33. The molecule has 1 unspecified atom stereocenters. The number of rotatable bonds is 6. The van der Waals surface area contributed by atoms with Crippen LogP contribution in [0, 0.1) is 5.41 Å². The molecule has 0 heterocycles. The van der Waals surface area contributed by atoms with E-state index >= 15 is 0 Å². The van der Waals surface area contributed by atoms with E-state index in [-0.39, 0.29) is 6.42 Å². The van der Waals surface area contributed by atoms with E-state index in [0.29, 0.717) is 20.8 Å². The molecule has 0 saturated carbocycles. The molecule has 0 amide bonds. The fourth-order valence-electron chi connectivity index (χ4n) is 2.35. The van der Waals surface area contributed by atoms with Crippen LogP contribution in [0.15, 0.2) is 42.5 Å². The monoisotopic (exact) mass is 384 g/mol. The molecule has 2 rings (SSSR count). The van der Waals surface area contributed by atoms with Crippen LogP contribution in [0.5, 0.6) is 0 Å². The van der Waals surface area contributed by atoms with Crippen LogP contribution in [-0.2, 0) is 10.3 Å². The fraction of sp³-hybridized carbons (Fsp3) is 0.176. The summed E-state index contributed by atoms with van der Waals surface area (Å²) in [4.78, 5) is 11.1. The van der Waals surface area contributed by atoms with Gasteiger partial charge in [-0.05, 0) is 42.8 Å². The molecule has 0 bridgehead atoms. The normalized spacial score (nSPS) is 13.2. The van der Waals surface area contributed by atoms with Gasteiger partial charge in [0.25, 0.3) is 0 Å². The summed E-state index contributed by atoms with van der Waals surface area (Å²) in [5, 5.41) is 21.5. The first kappa shape index (κ1) is 18.6. The van der Waals surface area contributed by atoms with E-state index in [0.717, 1.165) is 5.56 Å². The minimum atomic E-state index is -1.26. The van der Waals surface area contributed by atoms with Gasteiger partial charge in [-0.2, -0.15) is 0 Å². The van der Waals surface area contributed by atoms with Crippen LogP contribution >= 0.6 is 34.8 Å². The Bertz CT molecular complexity index is 778. The van der Waals surface area contributed by atoms with Crippen LogP contribution in [0.4, 0.5) is 5.69 Å². The summed E-state index contributed by atoms with van der Waals surface area (Å²) in [6.07, 6.45) is -0.0388. The van der Waals surface area contributed by atoms with Gasteiger partial charge < -0.3 is 10.4 Å². The Hall–Kier alpha value is -1.75. The van der Waals surface area contributed by atoms with Gasteiger partial charge in [0.1, 0.15) is 5.71 Å². The third-order valence-corrected chi connectivity index (χ3v) is 4.41. The number of nitrogens with one attached hydrogen (secondary N) is 2. The zero-order valence-corrected chi connectivity index (χ0v) is 15.0. The summed E-state index contributed by atoms with van der Waals surface area (Å²) in [7, 11) is 0. The van der Waals surface area contributed by atoms with E-state index in [9.17, 15) is 4.79 Å². The third-order valence-electron chi connectivity index (χ3n) is 3.61. The summed E-state index contributed by atoms with van der Waals surface area (Å²) in [5.74, 6) is -1.26. The standard InChI is InChI=1S/C17H15Cl3N2O2/c1-17(9-14(21)16(23)24,10-2-4-11(18)5-3-10)22-15-7-6-12(19)8-13(15)20/h2-8,21-22H,9H2,1H3,(H,23,24). The maximum atomic E-state index is 11.1. The fourth-order valence-corrected chi connectivity index (χ4v) is 2.94. The Kier molecular flexibility index (Phi) is 5.75. The molecular formula is C17H15Cl3N2O2. The van der Waals surface area contributed by atoms with Gasteiger partial charge >= 0.3 is 5.97 Å². The van der Waals surface area contributed by atoms with Crippen molar-refractivity contribution in [2.75, 3.05) is 5.32 Å². The Morgan fingerprint density at radius 3 is 2.25 bits per heavy atom. The highest BCUT2D eigenvalue weighted by molar-refractivity contribution is 6.36. The first-order chi connectivity index (χ1) is 11.2. The van der Waals surface area contributed by atoms with Crippen LogP contribution in [0.2, 0.25) is 15.1 Å². The van der Waals surface area contributed by atoms with Crippen molar-refractivity contribution < 1.29 is 9.90 Å². The Labute approximate surface area is 154 Å². The highest BCUT2D eigenvalue weighted by atomic mass is 35.5. The third kappa shape index (κ3) is 4.41. The Morgan fingerprint density at radius 1 is 1.12 bits per heavy atom. The molecule has 0 aliphatic heterocycles. The minimum Gasteiger partial charge on any atom is -0.477 e. The van der Waals surface area contributed by atoms with E-state index in [4.69, 9.17) is 45.3 Å². The summed E-state index contributed by atoms with van der Waals surface area (Å²) in [6, 6.07) is 12.0. The number of carboxylic acid groups (broad SMARTS) is 1. The Balaban J connectivity index is 2.43. The second kappa shape index (κ2) is 7.43. The molecule has 2 aromatic carbocycles. The van der Waals surface area contributed by atoms with Gasteiger partial charge in [0.05, 0.1) is 16.2 Å². The molecule has 0 fully saturated rings. The molecule has 24 heavy (non-hydrogen) atoms. The van der Waals surface area contributed by atoms with Crippen molar-refractivity contribution >= 4 is 52.2 Å². The smallest absolute Gasteiger partial charge is 0.349 e. The van der Waals surface area contributed by atoms with Crippen molar-refractivity contribution in [3.05, 3.63) is 63.1 Å². The van der Waals surface area contributed by atoms with Crippen molar-refractivity contribution in [3.8, 4) is 0 Å². The predicted octanol–water partition coefficient (Wildman–Crippen LogP) is 5.47.